The first-order valence-corrected chi connectivity index (χ1v) is 8.88. The lowest BCUT2D eigenvalue weighted by Gasteiger charge is -2.11. The van der Waals surface area contributed by atoms with Crippen LogP contribution in [0, 0.1) is 12.3 Å². The number of rotatable bonds is 7. The van der Waals surface area contributed by atoms with E-state index in [1.807, 2.05) is 6.08 Å². The molecule has 25 heavy (non-hydrogen) atoms. The number of allylic oxidation sites excluding steroid dienone is 4. The summed E-state index contributed by atoms with van der Waals surface area (Å²) in [4.78, 5) is 12.3. The standard InChI is InChI=1S/C23H26O2/c1-6-9-16(4)19(10-7-2)11-12-20-13-14-21-18(8-3)15-25-23(21)22(20)17(5)24/h2,9-10,13-15H,6,8,11-12H2,1,3-5H3/b16-9-,19-10-. The van der Waals surface area contributed by atoms with Crippen molar-refractivity contribution in [2.75, 3.05) is 0 Å². The number of carbonyl (C=O) groups excluding carboxylic acids is 1. The molecule has 1 aromatic heterocycles. The number of fused-ring (bicyclic) bond motifs is 1. The molecule has 0 aliphatic heterocycles. The largest absolute Gasteiger partial charge is 0.463 e. The first-order chi connectivity index (χ1) is 12.0. The van der Waals surface area contributed by atoms with Crippen molar-refractivity contribution in [3.63, 3.8) is 0 Å². The molecule has 0 fully saturated rings. The van der Waals surface area contributed by atoms with Gasteiger partial charge < -0.3 is 4.42 Å². The number of hydrogen-bond donors (Lipinski definition) is 0. The quantitative estimate of drug-likeness (QED) is 0.351. The Morgan fingerprint density at radius 2 is 2.00 bits per heavy atom. The summed E-state index contributed by atoms with van der Waals surface area (Å²) in [7, 11) is 0. The first-order valence-electron chi connectivity index (χ1n) is 8.88. The summed E-state index contributed by atoms with van der Waals surface area (Å²) in [5, 5.41) is 1.04. The van der Waals surface area contributed by atoms with Crippen LogP contribution in [0.2, 0.25) is 0 Å². The molecule has 2 heteroatoms. The van der Waals surface area contributed by atoms with Gasteiger partial charge in [-0.3, -0.25) is 4.79 Å². The van der Waals surface area contributed by atoms with Crippen molar-refractivity contribution in [3.05, 3.63) is 58.4 Å². The Labute approximate surface area is 150 Å². The monoisotopic (exact) mass is 334 g/mol. The van der Waals surface area contributed by atoms with Crippen LogP contribution in [0.5, 0.6) is 0 Å². The average molecular weight is 334 g/mol. The number of terminal acetylenes is 1. The van der Waals surface area contributed by atoms with Crippen molar-refractivity contribution < 1.29 is 9.21 Å². The molecule has 0 saturated heterocycles. The Balaban J connectivity index is 2.39. The predicted molar refractivity (Wildman–Crippen MR) is 105 cm³/mol. The van der Waals surface area contributed by atoms with Crippen molar-refractivity contribution >= 4 is 16.8 Å². The summed E-state index contributed by atoms with van der Waals surface area (Å²) in [5.41, 5.74) is 5.92. The van der Waals surface area contributed by atoms with Crippen molar-refractivity contribution in [2.45, 2.75) is 53.4 Å². The topological polar surface area (TPSA) is 30.2 Å². The van der Waals surface area contributed by atoms with Gasteiger partial charge in [0.15, 0.2) is 5.78 Å². The molecule has 1 heterocycles. The fourth-order valence-corrected chi connectivity index (χ4v) is 3.25. The molecule has 0 aliphatic carbocycles. The normalized spacial score (nSPS) is 12.4. The highest BCUT2D eigenvalue weighted by Crippen LogP contribution is 2.29. The third kappa shape index (κ3) is 4.12. The SMILES string of the molecule is C#C/C=C(CCc1ccc2c(CC)coc2c1C(C)=O)\C(C)=C/CC. The second kappa shape index (κ2) is 8.53. The van der Waals surface area contributed by atoms with E-state index in [-0.39, 0.29) is 5.78 Å². The van der Waals surface area contributed by atoms with Crippen LogP contribution >= 0.6 is 0 Å². The molecule has 0 N–H and O–H groups in total. The molecule has 2 nitrogen and oxygen atoms in total. The van der Waals surface area contributed by atoms with Gasteiger partial charge in [0.1, 0.15) is 5.58 Å². The van der Waals surface area contributed by atoms with Gasteiger partial charge in [-0.25, -0.2) is 0 Å². The zero-order chi connectivity index (χ0) is 18.4. The molecular formula is C23H26O2. The van der Waals surface area contributed by atoms with Crippen LogP contribution in [-0.4, -0.2) is 5.78 Å². The predicted octanol–water partition coefficient (Wildman–Crippen LogP) is 6.05. The van der Waals surface area contributed by atoms with E-state index in [0.29, 0.717) is 11.1 Å². The highest BCUT2D eigenvalue weighted by atomic mass is 16.3. The minimum atomic E-state index is 0.0425. The summed E-state index contributed by atoms with van der Waals surface area (Å²) in [5.74, 6) is 2.68. The maximum Gasteiger partial charge on any atom is 0.163 e. The van der Waals surface area contributed by atoms with Crippen molar-refractivity contribution in [2.24, 2.45) is 0 Å². The zero-order valence-corrected chi connectivity index (χ0v) is 15.6. The van der Waals surface area contributed by atoms with Gasteiger partial charge in [0.05, 0.1) is 11.8 Å². The van der Waals surface area contributed by atoms with Gasteiger partial charge in [-0.15, -0.1) is 6.42 Å². The van der Waals surface area contributed by atoms with Gasteiger partial charge in [0.2, 0.25) is 0 Å². The molecule has 2 rings (SSSR count). The van der Waals surface area contributed by atoms with Gasteiger partial charge >= 0.3 is 0 Å². The summed E-state index contributed by atoms with van der Waals surface area (Å²) in [6.07, 6.45) is 14.7. The lowest BCUT2D eigenvalue weighted by molar-refractivity contribution is 0.101. The molecular weight excluding hydrogens is 308 g/mol. The van der Waals surface area contributed by atoms with Gasteiger partial charge in [-0.1, -0.05) is 43.5 Å². The Bertz CT molecular complexity index is 869. The fourth-order valence-electron chi connectivity index (χ4n) is 3.25. The van der Waals surface area contributed by atoms with Crippen LogP contribution < -0.4 is 0 Å². The Morgan fingerprint density at radius 3 is 2.60 bits per heavy atom. The van der Waals surface area contributed by atoms with Crippen LogP contribution in [0.25, 0.3) is 11.0 Å². The average Bonchev–Trinajstić information content (AvgIpc) is 3.00. The van der Waals surface area contributed by atoms with E-state index in [1.54, 1.807) is 13.2 Å². The fraction of sp³-hybridized carbons (Fsp3) is 0.348. The number of benzene rings is 1. The minimum Gasteiger partial charge on any atom is -0.463 e. The lowest BCUT2D eigenvalue weighted by Crippen LogP contribution is -2.02. The first kappa shape index (κ1) is 18.8. The highest BCUT2D eigenvalue weighted by Gasteiger charge is 2.17. The van der Waals surface area contributed by atoms with Crippen LogP contribution in [0.3, 0.4) is 0 Å². The number of furan rings is 1. The van der Waals surface area contributed by atoms with Crippen molar-refractivity contribution in [3.8, 4) is 12.3 Å². The maximum absolute atomic E-state index is 12.3. The molecule has 0 spiro atoms. The van der Waals surface area contributed by atoms with E-state index >= 15 is 0 Å². The van der Waals surface area contributed by atoms with Crippen LogP contribution in [0.15, 0.2) is 46.1 Å². The highest BCUT2D eigenvalue weighted by molar-refractivity contribution is 6.07. The summed E-state index contributed by atoms with van der Waals surface area (Å²) < 4.78 is 5.73. The number of aryl methyl sites for hydroxylation is 2. The van der Waals surface area contributed by atoms with Gasteiger partial charge in [-0.2, -0.15) is 0 Å². The van der Waals surface area contributed by atoms with E-state index in [0.717, 1.165) is 47.8 Å². The van der Waals surface area contributed by atoms with Crippen LogP contribution in [0.1, 0.15) is 62.0 Å². The second-order valence-corrected chi connectivity index (χ2v) is 6.28. The molecule has 0 aliphatic rings. The van der Waals surface area contributed by atoms with Crippen molar-refractivity contribution in [1.29, 1.82) is 0 Å². The van der Waals surface area contributed by atoms with E-state index < -0.39 is 0 Å². The van der Waals surface area contributed by atoms with Crippen LogP contribution in [0.4, 0.5) is 0 Å². The third-order valence-electron chi connectivity index (χ3n) is 4.58. The van der Waals surface area contributed by atoms with E-state index in [9.17, 15) is 4.79 Å². The third-order valence-corrected chi connectivity index (χ3v) is 4.58. The molecule has 130 valence electrons. The Kier molecular flexibility index (Phi) is 6.42. The molecule has 1 aromatic carbocycles. The maximum atomic E-state index is 12.3. The Hall–Kier alpha value is -2.53. The van der Waals surface area contributed by atoms with Gasteiger partial charge in [-0.05, 0) is 62.3 Å². The number of ketones is 1. The number of Topliss-reactive ketones (excluding diaryl/α,β-unsaturated/α-hetero) is 1. The Morgan fingerprint density at radius 1 is 1.24 bits per heavy atom. The van der Waals surface area contributed by atoms with E-state index in [1.165, 1.54) is 5.57 Å². The minimum absolute atomic E-state index is 0.0425. The second-order valence-electron chi connectivity index (χ2n) is 6.28. The molecule has 2 aromatic rings. The lowest BCUT2D eigenvalue weighted by atomic mass is 9.93. The van der Waals surface area contributed by atoms with Crippen LogP contribution in [-0.2, 0) is 12.8 Å². The zero-order valence-electron chi connectivity index (χ0n) is 15.6. The summed E-state index contributed by atoms with van der Waals surface area (Å²) in [6.45, 7) is 7.89. The molecule has 0 atom stereocenters. The molecule has 0 unspecified atom stereocenters. The smallest absolute Gasteiger partial charge is 0.163 e. The van der Waals surface area contributed by atoms with Crippen molar-refractivity contribution in [1.82, 2.24) is 0 Å². The summed E-state index contributed by atoms with van der Waals surface area (Å²) >= 11 is 0. The summed E-state index contributed by atoms with van der Waals surface area (Å²) in [6, 6.07) is 4.12. The molecule has 0 radical (unpaired) electrons. The van der Waals surface area contributed by atoms with E-state index in [4.69, 9.17) is 10.8 Å². The van der Waals surface area contributed by atoms with Gasteiger partial charge in [0, 0.05) is 5.39 Å². The molecule has 0 saturated carbocycles. The van der Waals surface area contributed by atoms with Gasteiger partial charge in [0.25, 0.3) is 0 Å². The molecule has 0 bridgehead atoms. The molecule has 0 amide bonds. The number of carbonyl (C=O) groups is 1. The number of hydrogen-bond acceptors (Lipinski definition) is 2. The van der Waals surface area contributed by atoms with E-state index in [2.05, 4.69) is 44.9 Å².